The molecule has 0 aromatic heterocycles. The van der Waals surface area contributed by atoms with Crippen molar-refractivity contribution in [1.82, 2.24) is 16.0 Å². The van der Waals surface area contributed by atoms with E-state index in [9.17, 15) is 28.8 Å². The molecule has 13 nitrogen and oxygen atoms in total. The molecule has 0 saturated heterocycles. The third kappa shape index (κ3) is 11.4. The molecule has 15 heteroatoms. The number of primary amides is 1. The fraction of sp³-hybridized carbons (Fsp3) is 0.625. The number of thioether (sulfide) groups is 1. The summed E-state index contributed by atoms with van der Waals surface area (Å²) in [5.41, 5.74) is 10.5. The average molecular weight is 482 g/mol. The predicted octanol–water partition coefficient (Wildman–Crippen LogP) is -3.11. The van der Waals surface area contributed by atoms with E-state index in [2.05, 4.69) is 28.6 Å². The van der Waals surface area contributed by atoms with Gasteiger partial charge in [-0.25, -0.2) is 4.79 Å². The SMILES string of the molecule is CSCCC(NC(=O)C(CC(=O)O)NC(=O)C(N)CS)C(=O)NC(CC(N)=O)C(=O)O. The second-order valence-corrected chi connectivity index (χ2v) is 7.71. The van der Waals surface area contributed by atoms with Gasteiger partial charge in [0.05, 0.1) is 18.9 Å². The molecule has 0 aromatic carbocycles. The van der Waals surface area contributed by atoms with E-state index in [1.54, 1.807) is 6.26 Å². The van der Waals surface area contributed by atoms with E-state index in [0.717, 1.165) is 0 Å². The van der Waals surface area contributed by atoms with E-state index in [0.29, 0.717) is 5.75 Å². The second-order valence-electron chi connectivity index (χ2n) is 6.36. The van der Waals surface area contributed by atoms with Gasteiger partial charge in [0.2, 0.25) is 23.6 Å². The van der Waals surface area contributed by atoms with Crippen molar-refractivity contribution in [2.45, 2.75) is 43.4 Å². The molecule has 0 radical (unpaired) electrons. The van der Waals surface area contributed by atoms with Gasteiger partial charge in [-0.15, -0.1) is 0 Å². The highest BCUT2D eigenvalue weighted by Gasteiger charge is 2.31. The van der Waals surface area contributed by atoms with Gasteiger partial charge in [0.1, 0.15) is 18.1 Å². The monoisotopic (exact) mass is 481 g/mol. The van der Waals surface area contributed by atoms with Crippen LogP contribution >= 0.6 is 24.4 Å². The van der Waals surface area contributed by atoms with Crippen LogP contribution in [0.1, 0.15) is 19.3 Å². The second kappa shape index (κ2) is 14.5. The van der Waals surface area contributed by atoms with Crippen molar-refractivity contribution in [1.29, 1.82) is 0 Å². The largest absolute Gasteiger partial charge is 0.481 e. The highest BCUT2D eigenvalue weighted by molar-refractivity contribution is 7.98. The number of carbonyl (C=O) groups is 6. The Kier molecular flexibility index (Phi) is 13.3. The van der Waals surface area contributed by atoms with E-state index in [4.69, 9.17) is 21.7 Å². The molecule has 0 saturated carbocycles. The standard InChI is InChI=1S/C16H27N5O8S2/c1-31-3-2-8(14(26)21-10(16(28)29)4-11(18)22)19-15(27)9(5-12(23)24)20-13(25)7(17)6-30/h7-10,30H,2-6,17H2,1H3,(H2,18,22)(H,19,27)(H,20,25)(H,21,26)(H,23,24)(H,28,29). The van der Waals surface area contributed by atoms with Gasteiger partial charge in [0, 0.05) is 5.75 Å². The Morgan fingerprint density at radius 1 is 0.903 bits per heavy atom. The van der Waals surface area contributed by atoms with E-state index in [1.807, 2.05) is 0 Å². The Morgan fingerprint density at radius 2 is 1.42 bits per heavy atom. The lowest BCUT2D eigenvalue weighted by molar-refractivity contribution is -0.144. The molecule has 4 atom stereocenters. The molecule has 0 aliphatic carbocycles. The predicted molar refractivity (Wildman–Crippen MR) is 114 cm³/mol. The minimum atomic E-state index is -1.61. The Balaban J connectivity index is 5.45. The molecular formula is C16H27N5O8S2. The number of rotatable bonds is 15. The topological polar surface area (TPSA) is 231 Å². The zero-order valence-electron chi connectivity index (χ0n) is 16.7. The Morgan fingerprint density at radius 3 is 1.87 bits per heavy atom. The summed E-state index contributed by atoms with van der Waals surface area (Å²) in [5.74, 6) is -6.23. The fourth-order valence-corrected chi connectivity index (χ4v) is 2.83. The number of amides is 4. The first-order valence-electron chi connectivity index (χ1n) is 8.92. The quantitative estimate of drug-likeness (QED) is 0.110. The zero-order chi connectivity index (χ0) is 24.1. The number of thiol groups is 1. The van der Waals surface area contributed by atoms with Crippen molar-refractivity contribution >= 4 is 60.0 Å². The van der Waals surface area contributed by atoms with Crippen LogP contribution in [0.25, 0.3) is 0 Å². The summed E-state index contributed by atoms with van der Waals surface area (Å²) in [5, 5.41) is 24.8. The molecule has 176 valence electrons. The smallest absolute Gasteiger partial charge is 0.326 e. The van der Waals surface area contributed by atoms with Crippen molar-refractivity contribution < 1.29 is 39.0 Å². The van der Waals surface area contributed by atoms with Crippen LogP contribution in [0.3, 0.4) is 0 Å². The molecule has 0 aromatic rings. The van der Waals surface area contributed by atoms with Gasteiger partial charge in [-0.05, 0) is 18.4 Å². The lowest BCUT2D eigenvalue weighted by Crippen LogP contribution is -2.58. The van der Waals surface area contributed by atoms with Crippen molar-refractivity contribution in [3.63, 3.8) is 0 Å². The van der Waals surface area contributed by atoms with Crippen molar-refractivity contribution in [2.24, 2.45) is 11.5 Å². The summed E-state index contributed by atoms with van der Waals surface area (Å²) in [6, 6.07) is -5.50. The summed E-state index contributed by atoms with van der Waals surface area (Å²) in [6.07, 6.45) is 0.346. The Labute approximate surface area is 187 Å². The molecule has 31 heavy (non-hydrogen) atoms. The average Bonchev–Trinajstić information content (AvgIpc) is 2.68. The fourth-order valence-electron chi connectivity index (χ4n) is 2.20. The molecule has 4 amide bonds. The third-order valence-corrected chi connectivity index (χ3v) is 4.85. The molecule has 9 N–H and O–H groups in total. The zero-order valence-corrected chi connectivity index (χ0v) is 18.4. The number of carboxylic acids is 2. The molecular weight excluding hydrogens is 454 g/mol. The molecule has 0 rings (SSSR count). The maximum Gasteiger partial charge on any atom is 0.326 e. The van der Waals surface area contributed by atoms with E-state index >= 15 is 0 Å². The maximum absolute atomic E-state index is 12.6. The van der Waals surface area contributed by atoms with Gasteiger partial charge >= 0.3 is 11.9 Å². The van der Waals surface area contributed by atoms with Gasteiger partial charge in [-0.2, -0.15) is 24.4 Å². The van der Waals surface area contributed by atoms with E-state index in [-0.39, 0.29) is 12.2 Å². The van der Waals surface area contributed by atoms with Crippen molar-refractivity contribution in [3.05, 3.63) is 0 Å². The molecule has 0 bridgehead atoms. The van der Waals surface area contributed by atoms with Crippen LogP contribution in [0.5, 0.6) is 0 Å². The van der Waals surface area contributed by atoms with Gasteiger partial charge in [0.15, 0.2) is 0 Å². The minimum Gasteiger partial charge on any atom is -0.481 e. The first-order valence-corrected chi connectivity index (χ1v) is 10.9. The number of carboxylic acid groups (broad SMARTS) is 2. The minimum absolute atomic E-state index is 0.0531. The van der Waals surface area contributed by atoms with Gasteiger partial charge < -0.3 is 37.6 Å². The highest BCUT2D eigenvalue weighted by atomic mass is 32.2. The van der Waals surface area contributed by atoms with Crippen LogP contribution in [0.15, 0.2) is 0 Å². The van der Waals surface area contributed by atoms with Crippen molar-refractivity contribution in [2.75, 3.05) is 17.8 Å². The Bertz CT molecular complexity index is 693. The van der Waals surface area contributed by atoms with E-state index in [1.165, 1.54) is 11.8 Å². The number of hydrogen-bond donors (Lipinski definition) is 8. The molecule has 0 heterocycles. The summed E-state index contributed by atoms with van der Waals surface area (Å²) < 4.78 is 0. The summed E-state index contributed by atoms with van der Waals surface area (Å²) >= 11 is 5.19. The summed E-state index contributed by atoms with van der Waals surface area (Å²) in [4.78, 5) is 70.3. The molecule has 4 unspecified atom stereocenters. The number of hydrogen-bond acceptors (Lipinski definition) is 9. The normalized spacial score (nSPS) is 14.4. The molecule has 0 aliphatic rings. The summed E-state index contributed by atoms with van der Waals surface area (Å²) in [7, 11) is 0. The highest BCUT2D eigenvalue weighted by Crippen LogP contribution is 2.05. The van der Waals surface area contributed by atoms with Gasteiger partial charge in [-0.1, -0.05) is 0 Å². The lowest BCUT2D eigenvalue weighted by atomic mass is 10.1. The van der Waals surface area contributed by atoms with Crippen LogP contribution in [0, 0.1) is 0 Å². The van der Waals surface area contributed by atoms with Crippen LogP contribution < -0.4 is 27.4 Å². The van der Waals surface area contributed by atoms with E-state index < -0.39 is 72.6 Å². The number of nitrogens with two attached hydrogens (primary N) is 2. The third-order valence-electron chi connectivity index (χ3n) is 3.81. The maximum atomic E-state index is 12.6. The van der Waals surface area contributed by atoms with Crippen LogP contribution in [0.4, 0.5) is 0 Å². The summed E-state index contributed by atoms with van der Waals surface area (Å²) in [6.45, 7) is 0. The first-order chi connectivity index (χ1) is 14.4. The number of carbonyl (C=O) groups excluding carboxylic acids is 4. The van der Waals surface area contributed by atoms with Gasteiger partial charge in [-0.3, -0.25) is 24.0 Å². The molecule has 0 aliphatic heterocycles. The van der Waals surface area contributed by atoms with Crippen LogP contribution in [-0.4, -0.2) is 87.7 Å². The van der Waals surface area contributed by atoms with Crippen LogP contribution in [-0.2, 0) is 28.8 Å². The van der Waals surface area contributed by atoms with Gasteiger partial charge in [0.25, 0.3) is 0 Å². The Hall–Kier alpha value is -2.52. The number of nitrogens with one attached hydrogen (secondary N) is 3. The lowest BCUT2D eigenvalue weighted by Gasteiger charge is -2.24. The first kappa shape index (κ1) is 28.5. The van der Waals surface area contributed by atoms with Crippen LogP contribution in [0.2, 0.25) is 0 Å². The molecule has 0 spiro atoms. The molecule has 0 fully saturated rings. The number of aliphatic carboxylic acids is 2. The van der Waals surface area contributed by atoms with Crippen molar-refractivity contribution in [3.8, 4) is 0 Å².